The number of hydrogen-bond donors (Lipinski definition) is 2. The predicted molar refractivity (Wildman–Crippen MR) is 85.1 cm³/mol. The summed E-state index contributed by atoms with van der Waals surface area (Å²) in [5.41, 5.74) is 11.5. The maximum absolute atomic E-state index is 5.96. The van der Waals surface area contributed by atoms with Crippen LogP contribution in [0.15, 0.2) is 34.8 Å². The van der Waals surface area contributed by atoms with Crippen molar-refractivity contribution in [2.75, 3.05) is 11.9 Å². The second-order valence-corrected chi connectivity index (χ2v) is 5.73. The minimum Gasteiger partial charge on any atom is -0.370 e. The van der Waals surface area contributed by atoms with E-state index in [1.807, 2.05) is 0 Å². The first-order chi connectivity index (χ1) is 9.81. The molecule has 0 saturated heterocycles. The van der Waals surface area contributed by atoms with Crippen LogP contribution in [0.3, 0.4) is 0 Å². The summed E-state index contributed by atoms with van der Waals surface area (Å²) in [6.45, 7) is 0.787. The van der Waals surface area contributed by atoms with Crippen molar-refractivity contribution in [3.63, 3.8) is 0 Å². The molecule has 2 aliphatic carbocycles. The third kappa shape index (κ3) is 3.21. The molecule has 20 heavy (non-hydrogen) atoms. The Labute approximate surface area is 121 Å². The smallest absolute Gasteiger partial charge is 0.193 e. The lowest BCUT2D eigenvalue weighted by molar-refractivity contribution is 0.850. The second-order valence-electron chi connectivity index (χ2n) is 5.73. The fourth-order valence-corrected chi connectivity index (χ4v) is 3.12. The van der Waals surface area contributed by atoms with Crippen LogP contribution in [0.1, 0.15) is 43.2 Å². The van der Waals surface area contributed by atoms with Crippen LogP contribution < -0.4 is 11.1 Å². The van der Waals surface area contributed by atoms with Crippen LogP contribution in [0, 0.1) is 0 Å². The number of benzene rings is 1. The van der Waals surface area contributed by atoms with Crippen molar-refractivity contribution >= 4 is 11.6 Å². The minimum absolute atomic E-state index is 0.529. The molecule has 106 valence electrons. The first kappa shape index (κ1) is 13.2. The van der Waals surface area contributed by atoms with E-state index in [9.17, 15) is 0 Å². The van der Waals surface area contributed by atoms with E-state index in [0.717, 1.165) is 18.7 Å². The number of hydrogen-bond acceptors (Lipinski definition) is 1. The van der Waals surface area contributed by atoms with Gasteiger partial charge in [0.25, 0.3) is 0 Å². The number of guanidine groups is 1. The van der Waals surface area contributed by atoms with Gasteiger partial charge >= 0.3 is 0 Å². The zero-order valence-electron chi connectivity index (χ0n) is 12.0. The Kier molecular flexibility index (Phi) is 4.05. The molecule has 0 unspecified atom stereocenters. The number of fused-ring (bicyclic) bond motifs is 1. The van der Waals surface area contributed by atoms with Crippen molar-refractivity contribution in [3.8, 4) is 0 Å². The van der Waals surface area contributed by atoms with Gasteiger partial charge in [-0.25, -0.2) is 0 Å². The van der Waals surface area contributed by atoms with Crippen LogP contribution in [0.5, 0.6) is 0 Å². The van der Waals surface area contributed by atoms with Gasteiger partial charge in [-0.3, -0.25) is 4.99 Å². The van der Waals surface area contributed by atoms with E-state index >= 15 is 0 Å². The zero-order chi connectivity index (χ0) is 13.8. The molecule has 0 radical (unpaired) electrons. The molecule has 0 aliphatic heterocycles. The van der Waals surface area contributed by atoms with Crippen molar-refractivity contribution in [1.82, 2.24) is 0 Å². The Bertz CT molecular complexity index is 543. The summed E-state index contributed by atoms with van der Waals surface area (Å²) in [4.78, 5) is 4.42. The molecule has 3 heteroatoms. The summed E-state index contributed by atoms with van der Waals surface area (Å²) >= 11 is 0. The zero-order valence-corrected chi connectivity index (χ0v) is 12.0. The Morgan fingerprint density at radius 3 is 2.90 bits per heavy atom. The molecule has 3 nitrogen and oxygen atoms in total. The van der Waals surface area contributed by atoms with E-state index in [-0.39, 0.29) is 0 Å². The van der Waals surface area contributed by atoms with E-state index in [4.69, 9.17) is 5.73 Å². The number of aryl methyl sites for hydroxylation is 2. The molecule has 0 amide bonds. The van der Waals surface area contributed by atoms with Gasteiger partial charge in [0.1, 0.15) is 0 Å². The summed E-state index contributed by atoms with van der Waals surface area (Å²) in [7, 11) is 0. The topological polar surface area (TPSA) is 50.4 Å². The van der Waals surface area contributed by atoms with Crippen LogP contribution >= 0.6 is 0 Å². The van der Waals surface area contributed by atoms with Gasteiger partial charge in [-0.2, -0.15) is 0 Å². The molecule has 1 aromatic carbocycles. The monoisotopic (exact) mass is 269 g/mol. The number of nitrogens with two attached hydrogens (primary N) is 1. The fraction of sp³-hybridized carbons (Fsp3) is 0.471. The minimum atomic E-state index is 0.529. The van der Waals surface area contributed by atoms with Gasteiger partial charge in [0.15, 0.2) is 5.96 Å². The molecule has 2 aliphatic rings. The molecule has 0 spiro atoms. The largest absolute Gasteiger partial charge is 0.370 e. The highest BCUT2D eigenvalue weighted by atomic mass is 15.1. The molecule has 0 aromatic heterocycles. The van der Waals surface area contributed by atoms with E-state index < -0.39 is 0 Å². The molecule has 0 fully saturated rings. The molecule has 0 bridgehead atoms. The molecule has 0 heterocycles. The van der Waals surface area contributed by atoms with E-state index in [1.165, 1.54) is 49.7 Å². The van der Waals surface area contributed by atoms with Crippen LogP contribution in [0.4, 0.5) is 5.69 Å². The summed E-state index contributed by atoms with van der Waals surface area (Å²) in [5, 5.41) is 3.21. The summed E-state index contributed by atoms with van der Waals surface area (Å²) < 4.78 is 0. The fourth-order valence-electron chi connectivity index (χ4n) is 3.12. The quantitative estimate of drug-likeness (QED) is 0.500. The first-order valence-corrected chi connectivity index (χ1v) is 7.68. The van der Waals surface area contributed by atoms with E-state index in [0.29, 0.717) is 5.96 Å². The van der Waals surface area contributed by atoms with Crippen molar-refractivity contribution in [1.29, 1.82) is 0 Å². The van der Waals surface area contributed by atoms with Crippen LogP contribution in [-0.2, 0) is 12.8 Å². The van der Waals surface area contributed by atoms with Gasteiger partial charge in [-0.15, -0.1) is 0 Å². The van der Waals surface area contributed by atoms with E-state index in [2.05, 4.69) is 34.6 Å². The highest BCUT2D eigenvalue weighted by Gasteiger charge is 2.10. The number of anilines is 1. The molecular weight excluding hydrogens is 246 g/mol. The van der Waals surface area contributed by atoms with Gasteiger partial charge in [0.2, 0.25) is 0 Å². The number of rotatable bonds is 4. The average Bonchev–Trinajstić information content (AvgIpc) is 3.08. The lowest BCUT2D eigenvalue weighted by Crippen LogP contribution is -2.23. The Balaban J connectivity index is 1.53. The molecule has 0 saturated carbocycles. The number of allylic oxidation sites excluding steroid dienone is 1. The molecule has 3 N–H and O–H groups in total. The first-order valence-electron chi connectivity index (χ1n) is 7.68. The Morgan fingerprint density at radius 2 is 2.05 bits per heavy atom. The van der Waals surface area contributed by atoms with Gasteiger partial charge < -0.3 is 11.1 Å². The van der Waals surface area contributed by atoms with Crippen LogP contribution in [0.2, 0.25) is 0 Å². The maximum atomic E-state index is 5.96. The highest BCUT2D eigenvalue weighted by molar-refractivity contribution is 5.92. The second kappa shape index (κ2) is 6.12. The van der Waals surface area contributed by atoms with E-state index in [1.54, 1.807) is 5.57 Å². The molecular formula is C17H23N3. The molecule has 0 atom stereocenters. The SMILES string of the molecule is NC(=NCCC1=CCCC1)Nc1ccc2c(c1)CCC2. The summed E-state index contributed by atoms with van der Waals surface area (Å²) in [6.07, 6.45) is 10.9. The van der Waals surface area contributed by atoms with Gasteiger partial charge in [0.05, 0.1) is 0 Å². The molecule has 1 aromatic rings. The highest BCUT2D eigenvalue weighted by Crippen LogP contribution is 2.24. The van der Waals surface area contributed by atoms with Crippen molar-refractivity contribution in [3.05, 3.63) is 41.0 Å². The average molecular weight is 269 g/mol. The lowest BCUT2D eigenvalue weighted by atomic mass is 10.1. The lowest BCUT2D eigenvalue weighted by Gasteiger charge is -2.08. The number of nitrogens with one attached hydrogen (secondary N) is 1. The number of nitrogens with zero attached hydrogens (tertiary/aromatic N) is 1. The van der Waals surface area contributed by atoms with Crippen molar-refractivity contribution in [2.45, 2.75) is 44.9 Å². The summed E-state index contributed by atoms with van der Waals surface area (Å²) in [5.74, 6) is 0.529. The van der Waals surface area contributed by atoms with Gasteiger partial charge in [0, 0.05) is 12.2 Å². The number of aliphatic imine (C=N–C) groups is 1. The third-order valence-electron chi connectivity index (χ3n) is 4.22. The standard InChI is InChI=1S/C17H23N3/c18-17(19-11-10-13-4-1-2-5-13)20-16-9-8-14-6-3-7-15(14)12-16/h4,8-9,12H,1-3,5-7,10-11H2,(H3,18,19,20). The molecule has 3 rings (SSSR count). The van der Waals surface area contributed by atoms with Gasteiger partial charge in [-0.05, 0) is 68.2 Å². The van der Waals surface area contributed by atoms with Crippen molar-refractivity contribution in [2.24, 2.45) is 10.7 Å². The Morgan fingerprint density at radius 1 is 1.15 bits per heavy atom. The predicted octanol–water partition coefficient (Wildman–Crippen LogP) is 3.40. The third-order valence-corrected chi connectivity index (χ3v) is 4.22. The van der Waals surface area contributed by atoms with Crippen molar-refractivity contribution < 1.29 is 0 Å². The maximum Gasteiger partial charge on any atom is 0.193 e. The Hall–Kier alpha value is -1.77. The normalized spacial score (nSPS) is 18.0. The van der Waals surface area contributed by atoms with Gasteiger partial charge in [-0.1, -0.05) is 17.7 Å². The van der Waals surface area contributed by atoms with Crippen LogP contribution in [0.25, 0.3) is 0 Å². The van der Waals surface area contributed by atoms with Crippen LogP contribution in [-0.4, -0.2) is 12.5 Å². The summed E-state index contributed by atoms with van der Waals surface area (Å²) in [6, 6.07) is 6.53.